The van der Waals surface area contributed by atoms with Gasteiger partial charge in [-0.3, -0.25) is 4.79 Å². The molecule has 0 saturated heterocycles. The molecule has 0 aromatic heterocycles. The molecule has 0 radical (unpaired) electrons. The van der Waals surface area contributed by atoms with Crippen LogP contribution in [0.1, 0.15) is 21.5 Å². The monoisotopic (exact) mass is 285 g/mol. The van der Waals surface area contributed by atoms with Crippen molar-refractivity contribution in [2.75, 3.05) is 6.79 Å². The first kappa shape index (κ1) is 13.5. The fourth-order valence-electron chi connectivity index (χ4n) is 2.08. The van der Waals surface area contributed by atoms with Gasteiger partial charge >= 0.3 is 0 Å². The van der Waals surface area contributed by atoms with Gasteiger partial charge in [-0.25, -0.2) is 0 Å². The van der Waals surface area contributed by atoms with Crippen LogP contribution < -0.4 is 14.8 Å². The van der Waals surface area contributed by atoms with Gasteiger partial charge in [0.15, 0.2) is 11.5 Å². The molecule has 1 heterocycles. The smallest absolute Gasteiger partial charge is 0.251 e. The average Bonchev–Trinajstić information content (AvgIpc) is 3.00. The topological polar surface area (TPSA) is 67.8 Å². The van der Waals surface area contributed by atoms with Crippen LogP contribution in [0.25, 0.3) is 0 Å². The van der Waals surface area contributed by atoms with Crippen LogP contribution in [0.4, 0.5) is 0 Å². The summed E-state index contributed by atoms with van der Waals surface area (Å²) < 4.78 is 10.5. The second-order valence-electron chi connectivity index (χ2n) is 4.73. The first-order valence-corrected chi connectivity index (χ1v) is 6.63. The third kappa shape index (κ3) is 2.98. The maximum absolute atomic E-state index is 12.1. The molecule has 0 saturated carbocycles. The van der Waals surface area contributed by atoms with E-state index in [2.05, 4.69) is 5.32 Å². The Morgan fingerprint density at radius 3 is 2.52 bits per heavy atom. The minimum atomic E-state index is -0.167. The number of rotatable bonds is 4. The molecule has 2 aromatic carbocycles. The Bertz CT molecular complexity index is 652. The number of aliphatic hydroxyl groups excluding tert-OH is 1. The van der Waals surface area contributed by atoms with Crippen LogP contribution in [-0.4, -0.2) is 17.8 Å². The molecule has 1 aliphatic heterocycles. The molecule has 1 amide bonds. The zero-order valence-electron chi connectivity index (χ0n) is 11.3. The van der Waals surface area contributed by atoms with Crippen LogP contribution in [-0.2, 0) is 13.2 Å². The van der Waals surface area contributed by atoms with Gasteiger partial charge in [0.2, 0.25) is 6.79 Å². The highest BCUT2D eigenvalue weighted by Gasteiger charge is 2.15. The van der Waals surface area contributed by atoms with Crippen molar-refractivity contribution in [3.63, 3.8) is 0 Å². The molecule has 21 heavy (non-hydrogen) atoms. The standard InChI is InChI=1S/C16H15NO4/c18-9-12-3-1-11(2-4-12)8-17-16(19)13-5-6-14-15(7-13)21-10-20-14/h1-7,18H,8-10H2,(H,17,19). The van der Waals surface area contributed by atoms with Crippen molar-refractivity contribution in [1.29, 1.82) is 0 Å². The number of nitrogens with one attached hydrogen (secondary N) is 1. The molecule has 2 aromatic rings. The molecule has 0 aliphatic carbocycles. The number of fused-ring (bicyclic) bond motifs is 1. The summed E-state index contributed by atoms with van der Waals surface area (Å²) in [5.74, 6) is 1.08. The Labute approximate surface area is 122 Å². The average molecular weight is 285 g/mol. The molecule has 5 nitrogen and oxygen atoms in total. The molecule has 0 fully saturated rings. The molecule has 0 atom stereocenters. The van der Waals surface area contributed by atoms with Crippen LogP contribution >= 0.6 is 0 Å². The summed E-state index contributed by atoms with van der Waals surface area (Å²) in [6.07, 6.45) is 0. The molecule has 0 bridgehead atoms. The maximum atomic E-state index is 12.1. The third-order valence-electron chi connectivity index (χ3n) is 3.29. The number of carbonyl (C=O) groups excluding carboxylic acids is 1. The summed E-state index contributed by atoms with van der Waals surface area (Å²) in [5.41, 5.74) is 2.35. The summed E-state index contributed by atoms with van der Waals surface area (Å²) in [7, 11) is 0. The molecular formula is C16H15NO4. The normalized spacial score (nSPS) is 12.2. The zero-order chi connectivity index (χ0) is 14.7. The van der Waals surface area contributed by atoms with Crippen molar-refractivity contribution in [3.8, 4) is 11.5 Å². The predicted octanol–water partition coefficient (Wildman–Crippen LogP) is 1.84. The van der Waals surface area contributed by atoms with E-state index in [0.717, 1.165) is 11.1 Å². The molecule has 108 valence electrons. The second kappa shape index (κ2) is 5.85. The van der Waals surface area contributed by atoms with Crippen molar-refractivity contribution in [2.45, 2.75) is 13.2 Å². The highest BCUT2D eigenvalue weighted by atomic mass is 16.7. The van der Waals surface area contributed by atoms with E-state index in [1.54, 1.807) is 18.2 Å². The van der Waals surface area contributed by atoms with Gasteiger partial charge < -0.3 is 19.9 Å². The van der Waals surface area contributed by atoms with E-state index in [0.29, 0.717) is 23.6 Å². The lowest BCUT2D eigenvalue weighted by molar-refractivity contribution is 0.0950. The summed E-state index contributed by atoms with van der Waals surface area (Å²) in [6.45, 7) is 0.639. The predicted molar refractivity (Wildman–Crippen MR) is 76.1 cm³/mol. The first-order chi connectivity index (χ1) is 10.3. The number of carbonyl (C=O) groups is 1. The van der Waals surface area contributed by atoms with E-state index in [4.69, 9.17) is 14.6 Å². The zero-order valence-corrected chi connectivity index (χ0v) is 11.3. The van der Waals surface area contributed by atoms with Crippen LogP contribution in [0.5, 0.6) is 11.5 Å². The fraction of sp³-hybridized carbons (Fsp3) is 0.188. The number of amides is 1. The van der Waals surface area contributed by atoms with Gasteiger partial charge in [0.25, 0.3) is 5.91 Å². The third-order valence-corrected chi connectivity index (χ3v) is 3.29. The van der Waals surface area contributed by atoms with Crippen molar-refractivity contribution >= 4 is 5.91 Å². The minimum Gasteiger partial charge on any atom is -0.454 e. The van der Waals surface area contributed by atoms with Crippen molar-refractivity contribution in [2.24, 2.45) is 0 Å². The Morgan fingerprint density at radius 2 is 1.76 bits per heavy atom. The van der Waals surface area contributed by atoms with Gasteiger partial charge in [-0.1, -0.05) is 24.3 Å². The van der Waals surface area contributed by atoms with E-state index in [9.17, 15) is 4.79 Å². The molecular weight excluding hydrogens is 270 g/mol. The summed E-state index contributed by atoms with van der Waals surface area (Å²) in [4.78, 5) is 12.1. The van der Waals surface area contributed by atoms with Crippen LogP contribution in [0.15, 0.2) is 42.5 Å². The second-order valence-corrected chi connectivity index (χ2v) is 4.73. The lowest BCUT2D eigenvalue weighted by atomic mass is 10.1. The summed E-state index contributed by atoms with van der Waals surface area (Å²) in [6, 6.07) is 12.5. The van der Waals surface area contributed by atoms with Gasteiger partial charge in [-0.15, -0.1) is 0 Å². The molecule has 3 rings (SSSR count). The lowest BCUT2D eigenvalue weighted by Gasteiger charge is -2.07. The largest absolute Gasteiger partial charge is 0.454 e. The lowest BCUT2D eigenvalue weighted by Crippen LogP contribution is -2.22. The number of ether oxygens (including phenoxy) is 2. The van der Waals surface area contributed by atoms with Gasteiger partial charge in [-0.2, -0.15) is 0 Å². The highest BCUT2D eigenvalue weighted by Crippen LogP contribution is 2.32. The van der Waals surface area contributed by atoms with Gasteiger partial charge in [-0.05, 0) is 29.3 Å². The van der Waals surface area contributed by atoms with Crippen molar-refractivity contribution in [3.05, 3.63) is 59.2 Å². The van der Waals surface area contributed by atoms with Gasteiger partial charge in [0.05, 0.1) is 6.61 Å². The van der Waals surface area contributed by atoms with Crippen LogP contribution in [0.2, 0.25) is 0 Å². The molecule has 5 heteroatoms. The quantitative estimate of drug-likeness (QED) is 0.899. The van der Waals surface area contributed by atoms with E-state index in [-0.39, 0.29) is 19.3 Å². The summed E-state index contributed by atoms with van der Waals surface area (Å²) >= 11 is 0. The van der Waals surface area contributed by atoms with Crippen molar-refractivity contribution in [1.82, 2.24) is 5.32 Å². The number of benzene rings is 2. The SMILES string of the molecule is O=C(NCc1ccc(CO)cc1)c1ccc2c(c1)OCO2. The Balaban J connectivity index is 1.63. The minimum absolute atomic E-state index is 0.0177. The van der Waals surface area contributed by atoms with E-state index in [1.165, 1.54) is 0 Å². The Kier molecular flexibility index (Phi) is 3.75. The maximum Gasteiger partial charge on any atom is 0.251 e. The fourth-order valence-corrected chi connectivity index (χ4v) is 2.08. The molecule has 2 N–H and O–H groups in total. The highest BCUT2D eigenvalue weighted by molar-refractivity contribution is 5.94. The Morgan fingerprint density at radius 1 is 1.05 bits per heavy atom. The van der Waals surface area contributed by atoms with Gasteiger partial charge in [0.1, 0.15) is 0 Å². The van der Waals surface area contributed by atoms with Gasteiger partial charge in [0, 0.05) is 12.1 Å². The van der Waals surface area contributed by atoms with Crippen LogP contribution in [0, 0.1) is 0 Å². The van der Waals surface area contributed by atoms with Crippen molar-refractivity contribution < 1.29 is 19.4 Å². The number of hydrogen-bond acceptors (Lipinski definition) is 4. The number of aliphatic hydroxyl groups is 1. The Hall–Kier alpha value is -2.53. The molecule has 0 spiro atoms. The number of hydrogen-bond donors (Lipinski definition) is 2. The molecule has 1 aliphatic rings. The van der Waals surface area contributed by atoms with Crippen LogP contribution in [0.3, 0.4) is 0 Å². The molecule has 0 unspecified atom stereocenters. The van der Waals surface area contributed by atoms with E-state index >= 15 is 0 Å². The summed E-state index contributed by atoms with van der Waals surface area (Å²) in [5, 5.41) is 11.8. The van der Waals surface area contributed by atoms with E-state index < -0.39 is 0 Å². The first-order valence-electron chi connectivity index (χ1n) is 6.63. The van der Waals surface area contributed by atoms with E-state index in [1.807, 2.05) is 24.3 Å².